The Morgan fingerprint density at radius 1 is 0.972 bits per heavy atom. The maximum atomic E-state index is 14.7. The van der Waals surface area contributed by atoms with E-state index in [1.54, 1.807) is 0 Å². The fraction of sp³-hybridized carbons (Fsp3) is 0.625. The summed E-state index contributed by atoms with van der Waals surface area (Å²) in [5, 5.41) is 6.61. The number of nitrogens with one attached hydrogen (secondary N) is 3. The van der Waals surface area contributed by atoms with Gasteiger partial charge in [-0.25, -0.2) is 13.2 Å². The Morgan fingerprint density at radius 2 is 1.58 bits per heavy atom. The second-order valence-corrected chi connectivity index (χ2v) is 9.53. The SMILES string of the molecule is CCC(NC(=O)C(CC(F)(F)CC1CC1)NC(c1ccc(F)cc1)C(F)(F)F)C(=O)C(=O)NC1CC1. The maximum absolute atomic E-state index is 14.7. The van der Waals surface area contributed by atoms with Gasteiger partial charge in [-0.05, 0) is 55.7 Å². The normalized spacial score (nSPS) is 18.8. The smallest absolute Gasteiger partial charge is 0.347 e. The van der Waals surface area contributed by atoms with Crippen molar-refractivity contribution in [2.45, 2.75) is 88.1 Å². The highest BCUT2D eigenvalue weighted by molar-refractivity contribution is 6.38. The zero-order valence-corrected chi connectivity index (χ0v) is 19.6. The number of carbonyl (C=O) groups is 3. The Bertz CT molecular complexity index is 945. The summed E-state index contributed by atoms with van der Waals surface area (Å²) in [7, 11) is 0. The van der Waals surface area contributed by atoms with Gasteiger partial charge in [-0.15, -0.1) is 0 Å². The zero-order chi connectivity index (χ0) is 26.7. The zero-order valence-electron chi connectivity index (χ0n) is 19.6. The molecule has 200 valence electrons. The van der Waals surface area contributed by atoms with Crippen molar-refractivity contribution in [1.29, 1.82) is 0 Å². The highest BCUT2D eigenvalue weighted by Gasteiger charge is 2.47. The van der Waals surface area contributed by atoms with Crippen molar-refractivity contribution in [3.8, 4) is 0 Å². The van der Waals surface area contributed by atoms with Gasteiger partial charge in [0.1, 0.15) is 11.9 Å². The van der Waals surface area contributed by atoms with Gasteiger partial charge in [0.2, 0.25) is 17.6 Å². The van der Waals surface area contributed by atoms with Gasteiger partial charge in [-0.3, -0.25) is 19.7 Å². The van der Waals surface area contributed by atoms with Crippen LogP contribution in [0.25, 0.3) is 0 Å². The van der Waals surface area contributed by atoms with Crippen LogP contribution in [0.5, 0.6) is 0 Å². The summed E-state index contributed by atoms with van der Waals surface area (Å²) in [6.45, 7) is 1.47. The van der Waals surface area contributed by atoms with E-state index in [1.165, 1.54) is 6.92 Å². The van der Waals surface area contributed by atoms with Crippen molar-refractivity contribution in [1.82, 2.24) is 16.0 Å². The fourth-order valence-corrected chi connectivity index (χ4v) is 3.86. The number of hydrogen-bond donors (Lipinski definition) is 3. The predicted octanol–water partition coefficient (Wildman–Crippen LogP) is 3.96. The Hall–Kier alpha value is -2.63. The summed E-state index contributed by atoms with van der Waals surface area (Å²) in [4.78, 5) is 37.5. The number of ketones is 1. The van der Waals surface area contributed by atoms with Crippen LogP contribution < -0.4 is 16.0 Å². The van der Waals surface area contributed by atoms with Gasteiger partial charge in [-0.1, -0.05) is 19.1 Å². The van der Waals surface area contributed by atoms with Crippen LogP contribution >= 0.6 is 0 Å². The molecule has 2 aliphatic rings. The number of alkyl halides is 5. The number of Topliss-reactive ketones (excluding diaryl/α,β-unsaturated/α-hetero) is 1. The molecule has 2 aliphatic carbocycles. The molecule has 0 aliphatic heterocycles. The number of rotatable bonds is 13. The van der Waals surface area contributed by atoms with E-state index in [1.807, 2.05) is 5.32 Å². The Balaban J connectivity index is 1.81. The molecule has 2 amide bonds. The van der Waals surface area contributed by atoms with Crippen LogP contribution in [-0.2, 0) is 14.4 Å². The van der Waals surface area contributed by atoms with Crippen LogP contribution in [0.4, 0.5) is 26.3 Å². The maximum Gasteiger partial charge on any atom is 0.407 e. The summed E-state index contributed by atoms with van der Waals surface area (Å²) in [5.41, 5.74) is -0.473. The standard InChI is InChI=1S/C24H29F6N3O3/c1-2-17(19(34)22(36)31-16-9-10-16)33-21(35)18(12-23(26,27)11-13-3-4-13)32-20(24(28,29)30)14-5-7-15(25)8-6-14/h5-8,13,16-18,20,32H,2-4,9-12H2,1H3,(H,31,36)(H,33,35). The van der Waals surface area contributed by atoms with E-state index in [9.17, 15) is 40.7 Å². The molecule has 0 aromatic heterocycles. The summed E-state index contributed by atoms with van der Waals surface area (Å²) >= 11 is 0. The van der Waals surface area contributed by atoms with E-state index in [2.05, 4.69) is 10.6 Å². The van der Waals surface area contributed by atoms with Crippen molar-refractivity contribution in [3.63, 3.8) is 0 Å². The summed E-state index contributed by atoms with van der Waals surface area (Å²) in [5.74, 6) is -7.74. The first-order valence-electron chi connectivity index (χ1n) is 11.9. The minimum Gasteiger partial charge on any atom is -0.347 e. The molecule has 1 aromatic rings. The lowest BCUT2D eigenvalue weighted by molar-refractivity contribution is -0.163. The molecule has 1 aromatic carbocycles. The predicted molar refractivity (Wildman–Crippen MR) is 117 cm³/mol. The molecule has 0 heterocycles. The Morgan fingerprint density at radius 3 is 2.08 bits per heavy atom. The minimum atomic E-state index is -5.01. The second kappa shape index (κ2) is 11.2. The van der Waals surface area contributed by atoms with Gasteiger partial charge in [-0.2, -0.15) is 13.2 Å². The van der Waals surface area contributed by atoms with Gasteiger partial charge in [0.05, 0.1) is 12.1 Å². The average Bonchev–Trinajstić information content (AvgIpc) is 3.72. The largest absolute Gasteiger partial charge is 0.407 e. The van der Waals surface area contributed by atoms with Gasteiger partial charge >= 0.3 is 6.18 Å². The lowest BCUT2D eigenvalue weighted by Crippen LogP contribution is -2.55. The number of amides is 2. The van der Waals surface area contributed by atoms with E-state index in [0.29, 0.717) is 25.7 Å². The van der Waals surface area contributed by atoms with Crippen LogP contribution in [0.1, 0.15) is 63.5 Å². The van der Waals surface area contributed by atoms with Gasteiger partial charge < -0.3 is 10.6 Å². The van der Waals surface area contributed by atoms with E-state index in [-0.39, 0.29) is 18.4 Å². The first-order chi connectivity index (χ1) is 16.8. The third-order valence-electron chi connectivity index (χ3n) is 6.18. The van der Waals surface area contributed by atoms with Crippen molar-refractivity contribution in [2.24, 2.45) is 5.92 Å². The fourth-order valence-electron chi connectivity index (χ4n) is 3.86. The third kappa shape index (κ3) is 8.21. The van der Waals surface area contributed by atoms with E-state index < -0.39 is 72.0 Å². The number of benzene rings is 1. The molecular formula is C24H29F6N3O3. The molecule has 2 saturated carbocycles. The number of halogens is 6. The third-order valence-corrected chi connectivity index (χ3v) is 6.18. The minimum absolute atomic E-state index is 0.0749. The molecule has 0 saturated heterocycles. The Kier molecular flexibility index (Phi) is 8.68. The summed E-state index contributed by atoms with van der Waals surface area (Å²) < 4.78 is 84.3. The van der Waals surface area contributed by atoms with Crippen LogP contribution in [0.2, 0.25) is 0 Å². The Labute approximate surface area is 204 Å². The number of hydrogen-bond acceptors (Lipinski definition) is 4. The van der Waals surface area contributed by atoms with Crippen molar-refractivity contribution >= 4 is 17.6 Å². The van der Waals surface area contributed by atoms with E-state index in [0.717, 1.165) is 24.3 Å². The number of carbonyl (C=O) groups excluding carboxylic acids is 3. The topological polar surface area (TPSA) is 87.3 Å². The van der Waals surface area contributed by atoms with Gasteiger partial charge in [0.25, 0.3) is 5.91 Å². The molecule has 3 rings (SSSR count). The molecule has 3 N–H and O–H groups in total. The molecule has 0 spiro atoms. The highest BCUT2D eigenvalue weighted by Crippen LogP contribution is 2.41. The molecular weight excluding hydrogens is 492 g/mol. The molecule has 12 heteroatoms. The molecule has 0 radical (unpaired) electrons. The quantitative estimate of drug-likeness (QED) is 0.271. The lowest BCUT2D eigenvalue weighted by atomic mass is 9.98. The molecule has 2 fully saturated rings. The summed E-state index contributed by atoms with van der Waals surface area (Å²) in [6.07, 6.45) is -4.36. The average molecular weight is 522 g/mol. The van der Waals surface area contributed by atoms with Crippen LogP contribution in [0.3, 0.4) is 0 Å². The lowest BCUT2D eigenvalue weighted by Gasteiger charge is -2.30. The van der Waals surface area contributed by atoms with Crippen molar-refractivity contribution in [3.05, 3.63) is 35.6 Å². The molecule has 0 bridgehead atoms. The van der Waals surface area contributed by atoms with Crippen molar-refractivity contribution in [2.75, 3.05) is 0 Å². The van der Waals surface area contributed by atoms with Crippen LogP contribution in [0, 0.1) is 11.7 Å². The van der Waals surface area contributed by atoms with E-state index >= 15 is 0 Å². The van der Waals surface area contributed by atoms with Crippen LogP contribution in [0.15, 0.2) is 24.3 Å². The van der Waals surface area contributed by atoms with E-state index in [4.69, 9.17) is 0 Å². The molecule has 6 nitrogen and oxygen atoms in total. The monoisotopic (exact) mass is 521 g/mol. The van der Waals surface area contributed by atoms with Crippen LogP contribution in [-0.4, -0.2) is 47.8 Å². The first kappa shape index (κ1) is 27.9. The highest BCUT2D eigenvalue weighted by atomic mass is 19.4. The molecule has 3 atom stereocenters. The molecule has 36 heavy (non-hydrogen) atoms. The van der Waals surface area contributed by atoms with Gasteiger partial charge in [0, 0.05) is 18.9 Å². The summed E-state index contributed by atoms with van der Waals surface area (Å²) in [6, 6.07) is -2.88. The molecule has 3 unspecified atom stereocenters. The first-order valence-corrected chi connectivity index (χ1v) is 11.9. The van der Waals surface area contributed by atoms with Gasteiger partial charge in [0.15, 0.2) is 0 Å². The van der Waals surface area contributed by atoms with Crippen molar-refractivity contribution < 1.29 is 40.7 Å². The second-order valence-electron chi connectivity index (χ2n) is 9.53.